The van der Waals surface area contributed by atoms with Crippen LogP contribution in [0.2, 0.25) is 0 Å². The third kappa shape index (κ3) is 4.32. The molecule has 0 saturated carbocycles. The summed E-state index contributed by atoms with van der Waals surface area (Å²) >= 11 is 0. The van der Waals surface area contributed by atoms with Crippen LogP contribution in [0.25, 0.3) is 0 Å². The Labute approximate surface area is 165 Å². The number of fused-ring (bicyclic) bond motifs is 1. The van der Waals surface area contributed by atoms with Crippen molar-refractivity contribution >= 4 is 23.2 Å². The molecular weight excluding hydrogens is 377 g/mol. The third-order valence-electron chi connectivity index (χ3n) is 4.16. The van der Waals surface area contributed by atoms with Gasteiger partial charge in [0.05, 0.1) is 0 Å². The van der Waals surface area contributed by atoms with Gasteiger partial charge in [0, 0.05) is 29.2 Å². The highest BCUT2D eigenvalue weighted by atomic mass is 19.1. The Bertz CT molecular complexity index is 1070. The first-order chi connectivity index (χ1) is 14.1. The molecule has 2 amide bonds. The van der Waals surface area contributed by atoms with Crippen molar-refractivity contribution in [2.75, 3.05) is 23.8 Å². The summed E-state index contributed by atoms with van der Waals surface area (Å²) in [4.78, 5) is 29.0. The lowest BCUT2D eigenvalue weighted by molar-refractivity contribution is 0.102. The molecule has 0 spiro atoms. The van der Waals surface area contributed by atoms with Crippen molar-refractivity contribution in [3.63, 3.8) is 0 Å². The first-order valence-corrected chi connectivity index (χ1v) is 8.82. The van der Waals surface area contributed by atoms with Gasteiger partial charge in [-0.05, 0) is 48.5 Å². The second-order valence-electron chi connectivity index (χ2n) is 6.20. The second kappa shape index (κ2) is 7.97. The molecule has 2 N–H and O–H groups in total. The minimum atomic E-state index is -0.474. The van der Waals surface area contributed by atoms with E-state index in [0.717, 1.165) is 0 Å². The van der Waals surface area contributed by atoms with E-state index in [-0.39, 0.29) is 11.3 Å². The smallest absolute Gasteiger partial charge is 0.274 e. The molecule has 1 aliphatic rings. The van der Waals surface area contributed by atoms with Crippen molar-refractivity contribution in [1.82, 2.24) is 4.98 Å². The zero-order chi connectivity index (χ0) is 20.2. The molecule has 3 aromatic rings. The molecule has 0 saturated heterocycles. The first-order valence-electron chi connectivity index (χ1n) is 8.82. The highest BCUT2D eigenvalue weighted by Crippen LogP contribution is 2.32. The lowest BCUT2D eigenvalue weighted by Crippen LogP contribution is -2.18. The molecule has 29 heavy (non-hydrogen) atoms. The molecule has 0 unspecified atom stereocenters. The Morgan fingerprint density at radius 3 is 2.31 bits per heavy atom. The van der Waals surface area contributed by atoms with Gasteiger partial charge in [0.25, 0.3) is 11.8 Å². The van der Waals surface area contributed by atoms with E-state index in [2.05, 4.69) is 15.6 Å². The molecular formula is C21H16FN3O4. The molecule has 0 bridgehead atoms. The van der Waals surface area contributed by atoms with Gasteiger partial charge in [0.1, 0.15) is 24.7 Å². The van der Waals surface area contributed by atoms with Crippen molar-refractivity contribution in [3.05, 3.63) is 77.9 Å². The van der Waals surface area contributed by atoms with Crippen LogP contribution in [-0.2, 0) is 0 Å². The van der Waals surface area contributed by atoms with E-state index in [0.29, 0.717) is 36.1 Å². The van der Waals surface area contributed by atoms with Crippen molar-refractivity contribution < 1.29 is 23.5 Å². The van der Waals surface area contributed by atoms with Gasteiger partial charge in [0.2, 0.25) is 0 Å². The van der Waals surface area contributed by atoms with Gasteiger partial charge in [0.15, 0.2) is 11.5 Å². The SMILES string of the molecule is O=C(Nc1ccc(F)cc1)c1ccnc(C(=O)Nc2ccc3c(c2)OCCO3)c1. The number of nitrogens with one attached hydrogen (secondary N) is 2. The molecule has 1 aliphatic heterocycles. The number of anilines is 2. The molecule has 2 aromatic carbocycles. The lowest BCUT2D eigenvalue weighted by atomic mass is 10.2. The number of ether oxygens (including phenoxy) is 2. The van der Waals surface area contributed by atoms with Crippen molar-refractivity contribution in [2.45, 2.75) is 0 Å². The van der Waals surface area contributed by atoms with Gasteiger partial charge >= 0.3 is 0 Å². The summed E-state index contributed by atoms with van der Waals surface area (Å²) in [6, 6.07) is 13.3. The molecule has 0 radical (unpaired) electrons. The van der Waals surface area contributed by atoms with Crippen molar-refractivity contribution in [2.24, 2.45) is 0 Å². The molecule has 0 aliphatic carbocycles. The van der Waals surface area contributed by atoms with Crippen LogP contribution < -0.4 is 20.1 Å². The normalized spacial score (nSPS) is 12.2. The number of amides is 2. The number of carbonyl (C=O) groups is 2. The van der Waals surface area contributed by atoms with Gasteiger partial charge in [-0.1, -0.05) is 0 Å². The average molecular weight is 393 g/mol. The predicted molar refractivity (Wildman–Crippen MR) is 104 cm³/mol. The van der Waals surface area contributed by atoms with Crippen LogP contribution in [0.15, 0.2) is 60.8 Å². The van der Waals surface area contributed by atoms with Gasteiger partial charge in [-0.2, -0.15) is 0 Å². The van der Waals surface area contributed by atoms with Gasteiger partial charge in [-0.15, -0.1) is 0 Å². The molecule has 0 fully saturated rings. The molecule has 0 atom stereocenters. The summed E-state index contributed by atoms with van der Waals surface area (Å²) in [5.74, 6) is -0.142. The molecule has 146 valence electrons. The zero-order valence-electron chi connectivity index (χ0n) is 15.1. The highest BCUT2D eigenvalue weighted by molar-refractivity contribution is 6.07. The number of rotatable bonds is 4. The van der Waals surface area contributed by atoms with Crippen LogP contribution in [0.4, 0.5) is 15.8 Å². The zero-order valence-corrected chi connectivity index (χ0v) is 15.1. The monoisotopic (exact) mass is 393 g/mol. The summed E-state index contributed by atoms with van der Waals surface area (Å²) in [6.45, 7) is 0.923. The van der Waals surface area contributed by atoms with Crippen LogP contribution in [0.5, 0.6) is 11.5 Å². The van der Waals surface area contributed by atoms with E-state index in [1.54, 1.807) is 18.2 Å². The number of halogens is 1. The fourth-order valence-corrected chi connectivity index (χ4v) is 2.75. The van der Waals surface area contributed by atoms with E-state index >= 15 is 0 Å². The van der Waals surface area contributed by atoms with E-state index < -0.39 is 17.6 Å². The molecule has 1 aromatic heterocycles. The largest absolute Gasteiger partial charge is 0.486 e. The van der Waals surface area contributed by atoms with Gasteiger partial charge in [-0.3, -0.25) is 14.6 Å². The van der Waals surface area contributed by atoms with Crippen LogP contribution in [0.3, 0.4) is 0 Å². The maximum absolute atomic E-state index is 13.0. The Hall–Kier alpha value is -3.94. The summed E-state index contributed by atoms with van der Waals surface area (Å²) in [6.07, 6.45) is 1.37. The quantitative estimate of drug-likeness (QED) is 0.708. The lowest BCUT2D eigenvalue weighted by Gasteiger charge is -2.19. The van der Waals surface area contributed by atoms with E-state index in [9.17, 15) is 14.0 Å². The number of benzene rings is 2. The number of aromatic nitrogens is 1. The molecule has 4 rings (SSSR count). The van der Waals surface area contributed by atoms with Gasteiger partial charge in [-0.25, -0.2) is 4.39 Å². The summed E-state index contributed by atoms with van der Waals surface area (Å²) in [5.41, 5.74) is 1.28. The Balaban J connectivity index is 1.47. The second-order valence-corrected chi connectivity index (χ2v) is 6.20. The standard InChI is InChI=1S/C21H16FN3O4/c22-14-1-3-15(4-2-14)24-20(26)13-7-8-23-17(11-13)21(27)25-16-5-6-18-19(12-16)29-10-9-28-18/h1-8,11-12H,9-10H2,(H,24,26)(H,25,27). The maximum Gasteiger partial charge on any atom is 0.274 e. The van der Waals surface area contributed by atoms with Crippen LogP contribution in [-0.4, -0.2) is 30.0 Å². The molecule has 2 heterocycles. The number of nitrogens with zero attached hydrogens (tertiary/aromatic N) is 1. The van der Waals surface area contributed by atoms with E-state index in [1.807, 2.05) is 0 Å². The predicted octanol–water partition coefficient (Wildman–Crippen LogP) is 3.50. The Kier molecular flexibility index (Phi) is 5.07. The summed E-state index contributed by atoms with van der Waals surface area (Å²) in [5, 5.41) is 5.36. The van der Waals surface area contributed by atoms with Crippen molar-refractivity contribution in [1.29, 1.82) is 0 Å². The van der Waals surface area contributed by atoms with Crippen LogP contribution in [0, 0.1) is 5.82 Å². The third-order valence-corrected chi connectivity index (χ3v) is 4.16. The minimum Gasteiger partial charge on any atom is -0.486 e. The maximum atomic E-state index is 13.0. The Morgan fingerprint density at radius 2 is 1.52 bits per heavy atom. The van der Waals surface area contributed by atoms with E-state index in [1.165, 1.54) is 42.6 Å². The summed E-state index contributed by atoms with van der Waals surface area (Å²) < 4.78 is 23.9. The topological polar surface area (TPSA) is 89.6 Å². The minimum absolute atomic E-state index is 0.0756. The highest BCUT2D eigenvalue weighted by Gasteiger charge is 2.15. The number of carbonyl (C=O) groups excluding carboxylic acids is 2. The average Bonchev–Trinajstić information content (AvgIpc) is 2.75. The van der Waals surface area contributed by atoms with Crippen molar-refractivity contribution in [3.8, 4) is 11.5 Å². The fourth-order valence-electron chi connectivity index (χ4n) is 2.75. The Morgan fingerprint density at radius 1 is 0.828 bits per heavy atom. The number of hydrogen-bond donors (Lipinski definition) is 2. The molecule has 7 nitrogen and oxygen atoms in total. The first kappa shape index (κ1) is 18.4. The van der Waals surface area contributed by atoms with Gasteiger partial charge < -0.3 is 20.1 Å². The van der Waals surface area contributed by atoms with Crippen LogP contribution in [0.1, 0.15) is 20.8 Å². The van der Waals surface area contributed by atoms with Crippen LogP contribution >= 0.6 is 0 Å². The van der Waals surface area contributed by atoms with E-state index in [4.69, 9.17) is 9.47 Å². The number of hydrogen-bond acceptors (Lipinski definition) is 5. The number of pyridine rings is 1. The molecule has 8 heteroatoms. The summed E-state index contributed by atoms with van der Waals surface area (Å²) in [7, 11) is 0. The fraction of sp³-hybridized carbons (Fsp3) is 0.0952.